The lowest BCUT2D eigenvalue weighted by Crippen LogP contribution is -2.23. The highest BCUT2D eigenvalue weighted by Gasteiger charge is 2.07. The molecule has 0 saturated carbocycles. The largest absolute Gasteiger partial charge is 0.496 e. The predicted molar refractivity (Wildman–Crippen MR) is 86.5 cm³/mol. The zero-order valence-corrected chi connectivity index (χ0v) is 12.4. The molecule has 4 nitrogen and oxygen atoms in total. The first-order chi connectivity index (χ1) is 10.1. The molecule has 0 unspecified atom stereocenters. The summed E-state index contributed by atoms with van der Waals surface area (Å²) in [4.78, 5) is 12.4. The van der Waals surface area contributed by atoms with Gasteiger partial charge in [0.15, 0.2) is 0 Å². The lowest BCUT2D eigenvalue weighted by atomic mass is 10.1. The normalized spacial score (nSPS) is 9.95. The number of carbonyl (C=O) groups excluding carboxylic acids is 1. The molecule has 0 fully saturated rings. The molecule has 0 radical (unpaired) electrons. The van der Waals surface area contributed by atoms with E-state index in [1.54, 1.807) is 31.4 Å². The minimum atomic E-state index is -0.157. The van der Waals surface area contributed by atoms with Gasteiger partial charge in [-0.15, -0.1) is 0 Å². The molecule has 0 atom stereocenters. The standard InChI is InChI=1S/C16H16N2O2S/c1-20-14-5-3-2-4-13(14)10-18-16(19)12-8-6-11(7-9-12)15(17)21/h2-9H,10H2,1H3,(H2,17,21)(H,18,19). The highest BCUT2D eigenvalue weighted by molar-refractivity contribution is 7.80. The van der Waals surface area contributed by atoms with Crippen molar-refractivity contribution in [1.82, 2.24) is 5.32 Å². The van der Waals surface area contributed by atoms with Crippen molar-refractivity contribution in [3.8, 4) is 5.75 Å². The molecule has 0 aliphatic heterocycles. The fourth-order valence-corrected chi connectivity index (χ4v) is 2.05. The summed E-state index contributed by atoms with van der Waals surface area (Å²) in [6.07, 6.45) is 0. The number of rotatable bonds is 5. The van der Waals surface area contributed by atoms with Gasteiger partial charge in [0.05, 0.1) is 7.11 Å². The van der Waals surface area contributed by atoms with E-state index in [2.05, 4.69) is 5.32 Å². The summed E-state index contributed by atoms with van der Waals surface area (Å²) < 4.78 is 5.25. The summed E-state index contributed by atoms with van der Waals surface area (Å²) in [5, 5.41) is 2.86. The topological polar surface area (TPSA) is 64.3 Å². The van der Waals surface area contributed by atoms with Crippen molar-refractivity contribution in [3.05, 3.63) is 65.2 Å². The number of nitrogens with one attached hydrogen (secondary N) is 1. The van der Waals surface area contributed by atoms with Crippen LogP contribution in [0.4, 0.5) is 0 Å². The molecule has 1 amide bonds. The van der Waals surface area contributed by atoms with Crippen molar-refractivity contribution >= 4 is 23.1 Å². The minimum absolute atomic E-state index is 0.157. The van der Waals surface area contributed by atoms with E-state index in [1.807, 2.05) is 24.3 Å². The summed E-state index contributed by atoms with van der Waals surface area (Å²) in [6.45, 7) is 0.403. The van der Waals surface area contributed by atoms with Crippen LogP contribution in [0.15, 0.2) is 48.5 Å². The summed E-state index contributed by atoms with van der Waals surface area (Å²) in [6, 6.07) is 14.4. The first-order valence-corrected chi connectivity index (χ1v) is 6.82. The molecule has 0 bridgehead atoms. The molecule has 2 aromatic rings. The number of benzene rings is 2. The van der Waals surface area contributed by atoms with E-state index in [4.69, 9.17) is 22.7 Å². The van der Waals surface area contributed by atoms with Crippen LogP contribution in [0, 0.1) is 0 Å². The van der Waals surface area contributed by atoms with Crippen molar-refractivity contribution < 1.29 is 9.53 Å². The lowest BCUT2D eigenvalue weighted by molar-refractivity contribution is 0.0950. The van der Waals surface area contributed by atoms with Gasteiger partial charge in [0.25, 0.3) is 5.91 Å². The summed E-state index contributed by atoms with van der Waals surface area (Å²) in [7, 11) is 1.61. The maximum atomic E-state index is 12.1. The third-order valence-electron chi connectivity index (χ3n) is 3.06. The van der Waals surface area contributed by atoms with E-state index in [9.17, 15) is 4.79 Å². The monoisotopic (exact) mass is 300 g/mol. The second-order valence-corrected chi connectivity index (χ2v) is 4.88. The van der Waals surface area contributed by atoms with E-state index in [0.29, 0.717) is 17.1 Å². The number of hydrogen-bond donors (Lipinski definition) is 2. The van der Waals surface area contributed by atoms with Crippen LogP contribution in [0.2, 0.25) is 0 Å². The third kappa shape index (κ3) is 3.79. The van der Waals surface area contributed by atoms with E-state index < -0.39 is 0 Å². The average Bonchev–Trinajstić information content (AvgIpc) is 2.52. The summed E-state index contributed by atoms with van der Waals surface area (Å²) in [5.41, 5.74) is 7.75. The molecule has 0 aliphatic rings. The maximum absolute atomic E-state index is 12.1. The molecular weight excluding hydrogens is 284 g/mol. The minimum Gasteiger partial charge on any atom is -0.496 e. The molecule has 21 heavy (non-hydrogen) atoms. The number of amides is 1. The van der Waals surface area contributed by atoms with Crippen molar-refractivity contribution in [2.45, 2.75) is 6.54 Å². The van der Waals surface area contributed by atoms with Gasteiger partial charge in [-0.1, -0.05) is 42.5 Å². The third-order valence-corrected chi connectivity index (χ3v) is 3.30. The SMILES string of the molecule is COc1ccccc1CNC(=O)c1ccc(C(N)=S)cc1. The van der Waals surface area contributed by atoms with Gasteiger partial charge in [-0.05, 0) is 18.2 Å². The van der Waals surface area contributed by atoms with Crippen LogP contribution in [0.1, 0.15) is 21.5 Å². The molecular formula is C16H16N2O2S. The van der Waals surface area contributed by atoms with Crippen LogP contribution >= 0.6 is 12.2 Å². The summed E-state index contributed by atoms with van der Waals surface area (Å²) >= 11 is 4.88. The molecule has 5 heteroatoms. The number of carbonyl (C=O) groups is 1. The van der Waals surface area contributed by atoms with Crippen LogP contribution in [0.5, 0.6) is 5.75 Å². The Morgan fingerprint density at radius 1 is 1.14 bits per heavy atom. The predicted octanol–water partition coefficient (Wildman–Crippen LogP) is 2.26. The van der Waals surface area contributed by atoms with Crippen LogP contribution in [0.3, 0.4) is 0 Å². The van der Waals surface area contributed by atoms with E-state index >= 15 is 0 Å². The Labute approximate surface area is 128 Å². The molecule has 3 N–H and O–H groups in total. The first-order valence-electron chi connectivity index (χ1n) is 6.42. The van der Waals surface area contributed by atoms with Crippen LogP contribution in [-0.2, 0) is 6.54 Å². The Morgan fingerprint density at radius 2 is 1.76 bits per heavy atom. The second kappa shape index (κ2) is 6.85. The first kappa shape index (κ1) is 15.0. The maximum Gasteiger partial charge on any atom is 0.251 e. The van der Waals surface area contributed by atoms with Gasteiger partial charge in [0, 0.05) is 23.2 Å². The number of hydrogen-bond acceptors (Lipinski definition) is 3. The van der Waals surface area contributed by atoms with Gasteiger partial charge >= 0.3 is 0 Å². The molecule has 108 valence electrons. The fourth-order valence-electron chi connectivity index (χ4n) is 1.91. The van der Waals surface area contributed by atoms with Crippen molar-refractivity contribution in [1.29, 1.82) is 0 Å². The molecule has 0 aliphatic carbocycles. The quantitative estimate of drug-likeness (QED) is 0.831. The number of para-hydroxylation sites is 1. The Balaban J connectivity index is 2.03. The smallest absolute Gasteiger partial charge is 0.251 e. The number of thiocarbonyl (C=S) groups is 1. The molecule has 2 aromatic carbocycles. The number of ether oxygens (including phenoxy) is 1. The highest BCUT2D eigenvalue weighted by atomic mass is 32.1. The Hall–Kier alpha value is -2.40. The Kier molecular flexibility index (Phi) is 4.90. The molecule has 0 saturated heterocycles. The zero-order chi connectivity index (χ0) is 15.2. The van der Waals surface area contributed by atoms with E-state index in [-0.39, 0.29) is 5.91 Å². The van der Waals surface area contributed by atoms with Gasteiger partial charge in [0.1, 0.15) is 10.7 Å². The summed E-state index contributed by atoms with van der Waals surface area (Å²) in [5.74, 6) is 0.594. The van der Waals surface area contributed by atoms with Crippen molar-refractivity contribution in [3.63, 3.8) is 0 Å². The molecule has 0 heterocycles. The molecule has 0 spiro atoms. The molecule has 2 rings (SSSR count). The van der Waals surface area contributed by atoms with Gasteiger partial charge in [0.2, 0.25) is 0 Å². The average molecular weight is 300 g/mol. The number of methoxy groups -OCH3 is 1. The van der Waals surface area contributed by atoms with Crippen LogP contribution in [0.25, 0.3) is 0 Å². The van der Waals surface area contributed by atoms with E-state index in [0.717, 1.165) is 16.9 Å². The van der Waals surface area contributed by atoms with Crippen LogP contribution in [-0.4, -0.2) is 18.0 Å². The Morgan fingerprint density at radius 3 is 2.38 bits per heavy atom. The van der Waals surface area contributed by atoms with Gasteiger partial charge in [-0.3, -0.25) is 4.79 Å². The molecule has 0 aromatic heterocycles. The zero-order valence-electron chi connectivity index (χ0n) is 11.6. The van der Waals surface area contributed by atoms with Crippen molar-refractivity contribution in [2.24, 2.45) is 5.73 Å². The number of nitrogens with two attached hydrogens (primary N) is 1. The fraction of sp³-hybridized carbons (Fsp3) is 0.125. The highest BCUT2D eigenvalue weighted by Crippen LogP contribution is 2.16. The van der Waals surface area contributed by atoms with Crippen molar-refractivity contribution in [2.75, 3.05) is 7.11 Å². The van der Waals surface area contributed by atoms with Crippen LogP contribution < -0.4 is 15.8 Å². The second-order valence-electron chi connectivity index (χ2n) is 4.44. The van der Waals surface area contributed by atoms with E-state index in [1.165, 1.54) is 0 Å². The Bertz CT molecular complexity index is 654. The van der Waals surface area contributed by atoms with Gasteiger partial charge in [-0.25, -0.2) is 0 Å². The lowest BCUT2D eigenvalue weighted by Gasteiger charge is -2.09. The van der Waals surface area contributed by atoms with Gasteiger partial charge < -0.3 is 15.8 Å². The van der Waals surface area contributed by atoms with Gasteiger partial charge in [-0.2, -0.15) is 0 Å².